The molecule has 0 saturated heterocycles. The molecule has 252 valence electrons. The predicted octanol–water partition coefficient (Wildman–Crippen LogP) is 14.4. The fourth-order valence-electron chi connectivity index (χ4n) is 8.39. The molecule has 1 aliphatic carbocycles. The lowest BCUT2D eigenvalue weighted by Crippen LogP contribution is -2.17. The Bertz CT molecular complexity index is 2780. The standard InChI is InChI=1S/C51H37NO/c1-51(2)46-22-11-9-18-40(46)44-32-45(43-21-13-20-42-41-19-10-12-23-49(41)53-50(42)43)48(33-47(44)51)52(38-16-7-4-8-17-38)39-30-28-37(29-31-39)36-26-24-35(25-27-36)34-14-5-3-6-15-34/h3-33H,1-2H3. The minimum absolute atomic E-state index is 0.164. The van der Waals surface area contributed by atoms with Crippen LogP contribution in [0.25, 0.3) is 66.4 Å². The molecular weight excluding hydrogens is 643 g/mol. The molecule has 0 atom stereocenters. The zero-order chi connectivity index (χ0) is 35.5. The first kappa shape index (κ1) is 31.1. The number of fused-ring (bicyclic) bond motifs is 6. The number of benzene rings is 8. The molecule has 0 fully saturated rings. The van der Waals surface area contributed by atoms with Gasteiger partial charge in [0.2, 0.25) is 0 Å². The van der Waals surface area contributed by atoms with E-state index in [1.165, 1.54) is 44.5 Å². The van der Waals surface area contributed by atoms with Crippen LogP contribution in [-0.4, -0.2) is 0 Å². The molecule has 0 amide bonds. The van der Waals surface area contributed by atoms with Crippen molar-refractivity contribution in [2.45, 2.75) is 19.3 Å². The summed E-state index contributed by atoms with van der Waals surface area (Å²) in [4.78, 5) is 2.42. The van der Waals surface area contributed by atoms with Crippen molar-refractivity contribution in [1.82, 2.24) is 0 Å². The number of anilines is 3. The summed E-state index contributed by atoms with van der Waals surface area (Å²) >= 11 is 0. The Balaban J connectivity index is 1.17. The number of hydrogen-bond donors (Lipinski definition) is 0. The van der Waals surface area contributed by atoms with Crippen LogP contribution in [0.2, 0.25) is 0 Å². The highest BCUT2D eigenvalue weighted by molar-refractivity contribution is 6.11. The second-order valence-corrected chi connectivity index (χ2v) is 14.5. The summed E-state index contributed by atoms with van der Waals surface area (Å²) in [6.45, 7) is 4.71. The van der Waals surface area contributed by atoms with Crippen molar-refractivity contribution in [3.8, 4) is 44.5 Å². The summed E-state index contributed by atoms with van der Waals surface area (Å²) in [7, 11) is 0. The summed E-state index contributed by atoms with van der Waals surface area (Å²) in [6.07, 6.45) is 0. The van der Waals surface area contributed by atoms with E-state index in [1.54, 1.807) is 0 Å². The first-order chi connectivity index (χ1) is 26.0. The van der Waals surface area contributed by atoms with Gasteiger partial charge in [0.25, 0.3) is 0 Å². The average Bonchev–Trinajstić information content (AvgIpc) is 3.71. The molecule has 9 aromatic rings. The van der Waals surface area contributed by atoms with Crippen LogP contribution < -0.4 is 4.90 Å². The fourth-order valence-corrected chi connectivity index (χ4v) is 8.39. The second kappa shape index (κ2) is 12.3. The first-order valence-corrected chi connectivity index (χ1v) is 18.3. The normalized spacial score (nSPS) is 12.9. The Morgan fingerprint density at radius 3 is 1.68 bits per heavy atom. The molecule has 0 radical (unpaired) electrons. The van der Waals surface area contributed by atoms with Crippen LogP contribution in [0.4, 0.5) is 17.1 Å². The second-order valence-electron chi connectivity index (χ2n) is 14.5. The number of hydrogen-bond acceptors (Lipinski definition) is 2. The van der Waals surface area contributed by atoms with E-state index < -0.39 is 0 Å². The molecule has 1 aromatic heterocycles. The van der Waals surface area contributed by atoms with Crippen molar-refractivity contribution in [1.29, 1.82) is 0 Å². The molecule has 10 rings (SSSR count). The number of furan rings is 1. The molecule has 0 spiro atoms. The Labute approximate surface area is 310 Å². The topological polar surface area (TPSA) is 16.4 Å². The molecule has 0 saturated carbocycles. The summed E-state index contributed by atoms with van der Waals surface area (Å²) in [5.74, 6) is 0. The van der Waals surface area contributed by atoms with Crippen molar-refractivity contribution >= 4 is 39.0 Å². The van der Waals surface area contributed by atoms with Gasteiger partial charge in [0.1, 0.15) is 11.2 Å². The first-order valence-electron chi connectivity index (χ1n) is 18.3. The molecular formula is C51H37NO. The maximum absolute atomic E-state index is 6.70. The van der Waals surface area contributed by atoms with E-state index in [1.807, 2.05) is 6.07 Å². The largest absolute Gasteiger partial charge is 0.455 e. The quantitative estimate of drug-likeness (QED) is 0.174. The van der Waals surface area contributed by atoms with Gasteiger partial charge in [-0.15, -0.1) is 0 Å². The highest BCUT2D eigenvalue weighted by Crippen LogP contribution is 2.54. The molecule has 2 nitrogen and oxygen atoms in total. The Morgan fingerprint density at radius 2 is 0.943 bits per heavy atom. The maximum Gasteiger partial charge on any atom is 0.143 e. The predicted molar refractivity (Wildman–Crippen MR) is 222 cm³/mol. The smallest absolute Gasteiger partial charge is 0.143 e. The van der Waals surface area contributed by atoms with Crippen molar-refractivity contribution in [2.24, 2.45) is 0 Å². The van der Waals surface area contributed by atoms with E-state index in [9.17, 15) is 0 Å². The van der Waals surface area contributed by atoms with Gasteiger partial charge in [-0.25, -0.2) is 0 Å². The SMILES string of the molecule is CC1(C)c2ccccc2-c2cc(-c3cccc4c3oc3ccccc34)c(N(c3ccccc3)c3ccc(-c4ccc(-c5ccccc5)cc4)cc3)cc21. The molecule has 1 heterocycles. The van der Waals surface area contributed by atoms with Gasteiger partial charge < -0.3 is 9.32 Å². The molecule has 53 heavy (non-hydrogen) atoms. The van der Waals surface area contributed by atoms with Gasteiger partial charge >= 0.3 is 0 Å². The van der Waals surface area contributed by atoms with Gasteiger partial charge in [0.15, 0.2) is 0 Å². The highest BCUT2D eigenvalue weighted by Gasteiger charge is 2.37. The van der Waals surface area contributed by atoms with Crippen molar-refractivity contribution in [2.75, 3.05) is 4.90 Å². The lowest BCUT2D eigenvalue weighted by molar-refractivity contribution is 0.660. The number of rotatable bonds is 6. The highest BCUT2D eigenvalue weighted by atomic mass is 16.3. The Morgan fingerprint density at radius 1 is 0.396 bits per heavy atom. The minimum Gasteiger partial charge on any atom is -0.455 e. The van der Waals surface area contributed by atoms with E-state index in [0.717, 1.165) is 50.1 Å². The van der Waals surface area contributed by atoms with Crippen LogP contribution in [0, 0.1) is 0 Å². The summed E-state index contributed by atoms with van der Waals surface area (Å²) in [5.41, 5.74) is 17.2. The number of para-hydroxylation sites is 3. The van der Waals surface area contributed by atoms with E-state index in [2.05, 4.69) is 201 Å². The molecule has 0 unspecified atom stereocenters. The van der Waals surface area contributed by atoms with Crippen molar-refractivity contribution in [3.05, 3.63) is 199 Å². The summed E-state index contributed by atoms with van der Waals surface area (Å²) in [5, 5.41) is 2.25. The van der Waals surface area contributed by atoms with E-state index >= 15 is 0 Å². The van der Waals surface area contributed by atoms with Gasteiger partial charge in [-0.05, 0) is 87.0 Å². The Hall–Kier alpha value is -6.64. The van der Waals surface area contributed by atoms with E-state index in [0.29, 0.717) is 0 Å². The van der Waals surface area contributed by atoms with Gasteiger partial charge in [-0.3, -0.25) is 0 Å². The number of nitrogens with zero attached hydrogens (tertiary/aromatic N) is 1. The zero-order valence-corrected chi connectivity index (χ0v) is 29.8. The molecule has 0 aliphatic heterocycles. The molecule has 0 N–H and O–H groups in total. The zero-order valence-electron chi connectivity index (χ0n) is 29.8. The molecule has 2 heteroatoms. The van der Waals surface area contributed by atoms with Gasteiger partial charge in [-0.2, -0.15) is 0 Å². The van der Waals surface area contributed by atoms with Gasteiger partial charge in [-0.1, -0.05) is 159 Å². The van der Waals surface area contributed by atoms with Crippen LogP contribution >= 0.6 is 0 Å². The van der Waals surface area contributed by atoms with Crippen LogP contribution in [-0.2, 0) is 5.41 Å². The van der Waals surface area contributed by atoms with Crippen molar-refractivity contribution in [3.63, 3.8) is 0 Å². The summed E-state index contributed by atoms with van der Waals surface area (Å²) in [6, 6.07) is 67.8. The Kier molecular flexibility index (Phi) is 7.19. The maximum atomic E-state index is 6.70. The van der Waals surface area contributed by atoms with Crippen LogP contribution in [0.5, 0.6) is 0 Å². The lowest BCUT2D eigenvalue weighted by atomic mass is 9.81. The third-order valence-corrected chi connectivity index (χ3v) is 11.1. The third-order valence-electron chi connectivity index (χ3n) is 11.1. The molecule has 8 aromatic carbocycles. The molecule has 1 aliphatic rings. The van der Waals surface area contributed by atoms with Crippen LogP contribution in [0.3, 0.4) is 0 Å². The molecule has 0 bridgehead atoms. The van der Waals surface area contributed by atoms with Crippen molar-refractivity contribution < 1.29 is 4.42 Å². The van der Waals surface area contributed by atoms with Crippen LogP contribution in [0.15, 0.2) is 192 Å². The third kappa shape index (κ3) is 5.10. The lowest BCUT2D eigenvalue weighted by Gasteiger charge is -2.30. The minimum atomic E-state index is -0.164. The van der Waals surface area contributed by atoms with E-state index in [4.69, 9.17) is 4.42 Å². The fraction of sp³-hybridized carbons (Fsp3) is 0.0588. The van der Waals surface area contributed by atoms with Gasteiger partial charge in [0, 0.05) is 38.7 Å². The van der Waals surface area contributed by atoms with E-state index in [-0.39, 0.29) is 5.41 Å². The average molecular weight is 680 g/mol. The summed E-state index contributed by atoms with van der Waals surface area (Å²) < 4.78 is 6.70. The van der Waals surface area contributed by atoms with Gasteiger partial charge in [0.05, 0.1) is 5.69 Å². The van der Waals surface area contributed by atoms with Crippen LogP contribution in [0.1, 0.15) is 25.0 Å². The monoisotopic (exact) mass is 679 g/mol.